The Hall–Kier alpha value is -2.38. The van der Waals surface area contributed by atoms with Gasteiger partial charge in [0.1, 0.15) is 11.9 Å². The first kappa shape index (κ1) is 20.9. The summed E-state index contributed by atoms with van der Waals surface area (Å²) < 4.78 is 14.0. The molecule has 3 heterocycles. The number of benzene rings is 1. The Morgan fingerprint density at radius 2 is 2.10 bits per heavy atom. The number of aromatic nitrogens is 2. The summed E-state index contributed by atoms with van der Waals surface area (Å²) in [5, 5.41) is 3.46. The second-order valence-electron chi connectivity index (χ2n) is 8.00. The van der Waals surface area contributed by atoms with E-state index in [1.807, 2.05) is 19.3 Å². The Morgan fingerprint density at radius 1 is 1.23 bits per heavy atom. The monoisotopic (exact) mass is 411 g/mol. The molecule has 0 amide bonds. The first-order chi connectivity index (χ1) is 14.7. The second kappa shape index (κ2) is 10.1. The van der Waals surface area contributed by atoms with Gasteiger partial charge < -0.3 is 24.3 Å². The molecule has 2 aliphatic rings. The van der Waals surface area contributed by atoms with E-state index in [9.17, 15) is 0 Å². The summed E-state index contributed by atoms with van der Waals surface area (Å²) in [7, 11) is 0. The van der Waals surface area contributed by atoms with Crippen LogP contribution in [0.25, 0.3) is 0 Å². The number of nitrogens with zero attached hydrogens (tertiary/aromatic N) is 4. The molecule has 0 saturated carbocycles. The SMILES string of the molecule is CCNC(=NCc1cccc(Cn2ccnc2C)c1)N1CCOC(C2CCCO2)C1. The lowest BCUT2D eigenvalue weighted by Gasteiger charge is -2.37. The van der Waals surface area contributed by atoms with Gasteiger partial charge in [0.25, 0.3) is 0 Å². The third-order valence-corrected chi connectivity index (χ3v) is 5.79. The second-order valence-corrected chi connectivity index (χ2v) is 8.00. The molecule has 0 radical (unpaired) electrons. The van der Waals surface area contributed by atoms with Gasteiger partial charge in [0, 0.05) is 45.2 Å². The summed E-state index contributed by atoms with van der Waals surface area (Å²) in [5.74, 6) is 1.99. The minimum absolute atomic E-state index is 0.131. The van der Waals surface area contributed by atoms with Gasteiger partial charge in [-0.05, 0) is 37.8 Å². The Bertz CT molecular complexity index is 844. The number of aryl methyl sites for hydroxylation is 1. The third-order valence-electron chi connectivity index (χ3n) is 5.79. The number of hydrogen-bond acceptors (Lipinski definition) is 4. The molecule has 1 aromatic heterocycles. The fraction of sp³-hybridized carbons (Fsp3) is 0.565. The number of nitrogens with one attached hydrogen (secondary N) is 1. The molecular formula is C23H33N5O2. The first-order valence-electron chi connectivity index (χ1n) is 11.0. The lowest BCUT2D eigenvalue weighted by molar-refractivity contribution is -0.0817. The fourth-order valence-corrected chi connectivity index (χ4v) is 4.17. The summed E-state index contributed by atoms with van der Waals surface area (Å²) >= 11 is 0. The Labute approximate surface area is 179 Å². The minimum atomic E-state index is 0.131. The normalized spacial score (nSPS) is 22.5. The van der Waals surface area contributed by atoms with E-state index >= 15 is 0 Å². The van der Waals surface area contributed by atoms with Crippen LogP contribution in [0, 0.1) is 6.92 Å². The van der Waals surface area contributed by atoms with Crippen molar-refractivity contribution in [1.29, 1.82) is 0 Å². The van der Waals surface area contributed by atoms with Gasteiger partial charge in [-0.3, -0.25) is 0 Å². The molecule has 0 aliphatic carbocycles. The van der Waals surface area contributed by atoms with Crippen LogP contribution in [0.5, 0.6) is 0 Å². The zero-order valence-corrected chi connectivity index (χ0v) is 18.1. The van der Waals surface area contributed by atoms with Crippen LogP contribution in [-0.2, 0) is 22.6 Å². The predicted octanol–water partition coefficient (Wildman–Crippen LogP) is 2.59. The zero-order chi connectivity index (χ0) is 20.8. The molecule has 0 bridgehead atoms. The van der Waals surface area contributed by atoms with Crippen molar-refractivity contribution in [1.82, 2.24) is 19.8 Å². The van der Waals surface area contributed by atoms with E-state index in [4.69, 9.17) is 14.5 Å². The molecule has 1 N–H and O–H groups in total. The largest absolute Gasteiger partial charge is 0.375 e. The molecule has 1 aromatic carbocycles. The zero-order valence-electron chi connectivity index (χ0n) is 18.1. The van der Waals surface area contributed by atoms with E-state index in [-0.39, 0.29) is 12.2 Å². The van der Waals surface area contributed by atoms with Gasteiger partial charge in [-0.15, -0.1) is 0 Å². The summed E-state index contributed by atoms with van der Waals surface area (Å²) in [6.45, 7) is 9.73. The van der Waals surface area contributed by atoms with Gasteiger partial charge in [0.05, 0.1) is 19.3 Å². The van der Waals surface area contributed by atoms with Crippen molar-refractivity contribution in [2.75, 3.05) is 32.8 Å². The van der Waals surface area contributed by atoms with Crippen molar-refractivity contribution in [3.63, 3.8) is 0 Å². The van der Waals surface area contributed by atoms with Crippen LogP contribution in [0.2, 0.25) is 0 Å². The van der Waals surface area contributed by atoms with Crippen molar-refractivity contribution >= 4 is 5.96 Å². The van der Waals surface area contributed by atoms with E-state index in [0.29, 0.717) is 13.2 Å². The van der Waals surface area contributed by atoms with Crippen molar-refractivity contribution in [2.45, 2.75) is 52.0 Å². The van der Waals surface area contributed by atoms with E-state index in [0.717, 1.165) is 57.4 Å². The van der Waals surface area contributed by atoms with Crippen LogP contribution in [0.4, 0.5) is 0 Å². The molecule has 2 saturated heterocycles. The maximum atomic E-state index is 6.00. The summed E-state index contributed by atoms with van der Waals surface area (Å²) in [6, 6.07) is 8.65. The summed E-state index contributed by atoms with van der Waals surface area (Å²) in [6.07, 6.45) is 6.44. The molecule has 4 rings (SSSR count). The quantitative estimate of drug-likeness (QED) is 0.585. The summed E-state index contributed by atoms with van der Waals surface area (Å²) in [4.78, 5) is 11.6. The van der Waals surface area contributed by atoms with Crippen LogP contribution in [0.3, 0.4) is 0 Å². The van der Waals surface area contributed by atoms with Crippen LogP contribution < -0.4 is 5.32 Å². The molecule has 2 aliphatic heterocycles. The number of rotatable bonds is 6. The maximum Gasteiger partial charge on any atom is 0.194 e. The number of hydrogen-bond donors (Lipinski definition) is 1. The molecule has 7 nitrogen and oxygen atoms in total. The van der Waals surface area contributed by atoms with Gasteiger partial charge >= 0.3 is 0 Å². The van der Waals surface area contributed by atoms with E-state index in [1.165, 1.54) is 11.1 Å². The Balaban J connectivity index is 1.42. The van der Waals surface area contributed by atoms with Crippen molar-refractivity contribution < 1.29 is 9.47 Å². The molecule has 7 heteroatoms. The lowest BCUT2D eigenvalue weighted by Crippen LogP contribution is -2.53. The lowest BCUT2D eigenvalue weighted by atomic mass is 10.1. The van der Waals surface area contributed by atoms with Crippen LogP contribution in [0.15, 0.2) is 41.7 Å². The highest BCUT2D eigenvalue weighted by atomic mass is 16.5. The Kier molecular flexibility index (Phi) is 7.02. The molecule has 162 valence electrons. The minimum Gasteiger partial charge on any atom is -0.375 e. The molecule has 0 spiro atoms. The van der Waals surface area contributed by atoms with Gasteiger partial charge in [-0.2, -0.15) is 0 Å². The number of morpholine rings is 1. The average Bonchev–Trinajstić information content (AvgIpc) is 3.44. The third kappa shape index (κ3) is 5.21. The van der Waals surface area contributed by atoms with E-state index < -0.39 is 0 Å². The van der Waals surface area contributed by atoms with Gasteiger partial charge in [0.15, 0.2) is 5.96 Å². The smallest absolute Gasteiger partial charge is 0.194 e. The fourth-order valence-electron chi connectivity index (χ4n) is 4.17. The number of ether oxygens (including phenoxy) is 2. The maximum absolute atomic E-state index is 6.00. The molecule has 30 heavy (non-hydrogen) atoms. The number of imidazole rings is 1. The van der Waals surface area contributed by atoms with Gasteiger partial charge in [-0.1, -0.05) is 24.3 Å². The molecule has 2 atom stereocenters. The molecule has 2 fully saturated rings. The van der Waals surface area contributed by atoms with Crippen LogP contribution in [-0.4, -0.2) is 65.5 Å². The van der Waals surface area contributed by atoms with Crippen molar-refractivity contribution in [2.24, 2.45) is 4.99 Å². The molecule has 2 aromatic rings. The van der Waals surface area contributed by atoms with Crippen molar-refractivity contribution in [3.05, 3.63) is 53.6 Å². The van der Waals surface area contributed by atoms with Gasteiger partial charge in [0.2, 0.25) is 0 Å². The first-order valence-corrected chi connectivity index (χ1v) is 11.0. The van der Waals surface area contributed by atoms with E-state index in [2.05, 4.69) is 51.0 Å². The standard InChI is InChI=1S/C23H33N5O2/c1-3-24-23(28-11-13-30-22(17-28)21-8-5-12-29-21)26-15-19-6-4-7-20(14-19)16-27-10-9-25-18(27)2/h4,6-7,9-10,14,21-22H,3,5,8,11-13,15-17H2,1-2H3,(H,24,26). The highest BCUT2D eigenvalue weighted by Gasteiger charge is 2.32. The summed E-state index contributed by atoms with van der Waals surface area (Å²) in [5.41, 5.74) is 2.48. The highest BCUT2D eigenvalue weighted by molar-refractivity contribution is 5.80. The molecule has 2 unspecified atom stereocenters. The number of aliphatic imine (C=N–C) groups is 1. The topological polar surface area (TPSA) is 63.9 Å². The Morgan fingerprint density at radius 3 is 2.87 bits per heavy atom. The van der Waals surface area contributed by atoms with Crippen LogP contribution >= 0.6 is 0 Å². The highest BCUT2D eigenvalue weighted by Crippen LogP contribution is 2.21. The van der Waals surface area contributed by atoms with E-state index in [1.54, 1.807) is 0 Å². The van der Waals surface area contributed by atoms with Crippen molar-refractivity contribution in [3.8, 4) is 0 Å². The number of guanidine groups is 1. The molecular weight excluding hydrogens is 378 g/mol. The van der Waals surface area contributed by atoms with Gasteiger partial charge in [-0.25, -0.2) is 9.98 Å². The van der Waals surface area contributed by atoms with Crippen LogP contribution in [0.1, 0.15) is 36.7 Å². The predicted molar refractivity (Wildman–Crippen MR) is 118 cm³/mol. The average molecular weight is 412 g/mol.